The van der Waals surface area contributed by atoms with Crippen molar-refractivity contribution in [1.29, 1.82) is 0 Å². The lowest BCUT2D eigenvalue weighted by molar-refractivity contribution is 0.0527. The highest BCUT2D eigenvalue weighted by Gasteiger charge is 2.22. The van der Waals surface area contributed by atoms with Crippen LogP contribution >= 0.6 is 0 Å². The molecule has 0 aliphatic carbocycles. The van der Waals surface area contributed by atoms with Crippen molar-refractivity contribution in [3.05, 3.63) is 35.6 Å². The zero-order valence-electron chi connectivity index (χ0n) is 11.2. The summed E-state index contributed by atoms with van der Waals surface area (Å²) in [5.41, 5.74) is 6.27. The van der Waals surface area contributed by atoms with Gasteiger partial charge in [0.05, 0.1) is 12.3 Å². The maximum absolute atomic E-state index is 11.8. The number of hydrogen-bond donors (Lipinski definition) is 1. The fraction of sp³-hybridized carbons (Fsp3) is 0.308. The molecule has 0 atom stereocenters. The number of ether oxygens (including phenoxy) is 1. The molecule has 102 valence electrons. The molecule has 2 N–H and O–H groups in total. The van der Waals surface area contributed by atoms with E-state index in [4.69, 9.17) is 10.5 Å². The van der Waals surface area contributed by atoms with E-state index in [2.05, 4.69) is 5.10 Å². The number of allylic oxidation sites excluding steroid dienone is 4. The van der Waals surface area contributed by atoms with E-state index in [1.807, 2.05) is 6.92 Å². The molecule has 1 aromatic heterocycles. The van der Waals surface area contributed by atoms with Crippen molar-refractivity contribution in [2.24, 2.45) is 0 Å². The van der Waals surface area contributed by atoms with E-state index in [0.717, 1.165) is 4.68 Å². The lowest BCUT2D eigenvalue weighted by atomic mass is 10.2. The third kappa shape index (κ3) is 3.31. The number of nitrogens with two attached hydrogens (primary N) is 1. The molecule has 0 aliphatic rings. The van der Waals surface area contributed by atoms with Crippen molar-refractivity contribution in [2.45, 2.75) is 20.8 Å². The number of rotatable bonds is 4. The van der Waals surface area contributed by atoms with Crippen LogP contribution in [0.4, 0.5) is 5.82 Å². The number of carbonyl (C=O) groups is 2. The topological polar surface area (TPSA) is 87.2 Å². The molecule has 19 heavy (non-hydrogen) atoms. The van der Waals surface area contributed by atoms with Crippen LogP contribution < -0.4 is 5.73 Å². The summed E-state index contributed by atoms with van der Waals surface area (Å²) in [7, 11) is 0. The van der Waals surface area contributed by atoms with Crippen LogP contribution in [-0.2, 0) is 4.74 Å². The van der Waals surface area contributed by atoms with Crippen molar-refractivity contribution in [2.75, 3.05) is 12.3 Å². The molecular formula is C13H17N3O3. The summed E-state index contributed by atoms with van der Waals surface area (Å²) in [5.74, 6) is -1.01. The van der Waals surface area contributed by atoms with Crippen LogP contribution in [0.3, 0.4) is 0 Å². The number of carbonyl (C=O) groups excluding carboxylic acids is 2. The maximum atomic E-state index is 11.8. The second-order valence-electron chi connectivity index (χ2n) is 3.70. The number of nitrogen functional groups attached to an aromatic ring is 1. The average molecular weight is 263 g/mol. The van der Waals surface area contributed by atoms with E-state index < -0.39 is 11.9 Å². The quantitative estimate of drug-likeness (QED) is 0.507. The summed E-state index contributed by atoms with van der Waals surface area (Å²) in [6.07, 6.45) is 6.38. The Bertz CT molecular complexity index is 542. The van der Waals surface area contributed by atoms with Gasteiger partial charge in [0.15, 0.2) is 0 Å². The van der Waals surface area contributed by atoms with E-state index >= 15 is 0 Å². The summed E-state index contributed by atoms with van der Waals surface area (Å²) in [5, 5.41) is 3.96. The lowest BCUT2D eigenvalue weighted by Gasteiger charge is -2.01. The summed E-state index contributed by atoms with van der Waals surface area (Å²) >= 11 is 0. The molecule has 6 heteroatoms. The number of anilines is 1. The minimum atomic E-state index is -0.575. The van der Waals surface area contributed by atoms with Gasteiger partial charge >= 0.3 is 5.97 Å². The highest BCUT2D eigenvalue weighted by atomic mass is 16.5. The molecule has 6 nitrogen and oxygen atoms in total. The standard InChI is InChI=1S/C13H17N3O3/c1-4-6-7-8-10(17)16-12(14)11(9(3)15-16)13(18)19-5-2/h4,6-8H,5,14H2,1-3H3/b6-4+,8-7+. The van der Waals surface area contributed by atoms with Gasteiger partial charge in [0, 0.05) is 6.08 Å². The Morgan fingerprint density at radius 3 is 2.68 bits per heavy atom. The van der Waals surface area contributed by atoms with Gasteiger partial charge in [-0.25, -0.2) is 4.79 Å². The van der Waals surface area contributed by atoms with Crippen LogP contribution in [0.1, 0.15) is 34.7 Å². The van der Waals surface area contributed by atoms with Crippen LogP contribution in [0.25, 0.3) is 0 Å². The van der Waals surface area contributed by atoms with E-state index in [1.165, 1.54) is 6.08 Å². The number of nitrogens with zero attached hydrogens (tertiary/aromatic N) is 2. The number of esters is 1. The lowest BCUT2D eigenvalue weighted by Crippen LogP contribution is -2.14. The molecule has 0 amide bonds. The highest BCUT2D eigenvalue weighted by molar-refractivity contribution is 5.99. The zero-order valence-corrected chi connectivity index (χ0v) is 11.2. The average Bonchev–Trinajstić information content (AvgIpc) is 2.65. The smallest absolute Gasteiger partial charge is 0.343 e. The number of hydrogen-bond acceptors (Lipinski definition) is 5. The molecule has 0 aromatic carbocycles. The third-order valence-corrected chi connectivity index (χ3v) is 2.33. The zero-order chi connectivity index (χ0) is 14.4. The summed E-state index contributed by atoms with van der Waals surface area (Å²) in [6, 6.07) is 0. The second kappa shape index (κ2) is 6.53. The van der Waals surface area contributed by atoms with Crippen LogP contribution in [-0.4, -0.2) is 28.3 Å². The summed E-state index contributed by atoms with van der Waals surface area (Å²) in [4.78, 5) is 23.5. The van der Waals surface area contributed by atoms with Crippen molar-refractivity contribution in [1.82, 2.24) is 9.78 Å². The van der Waals surface area contributed by atoms with E-state index in [-0.39, 0.29) is 18.0 Å². The van der Waals surface area contributed by atoms with E-state index in [9.17, 15) is 9.59 Å². The van der Waals surface area contributed by atoms with Gasteiger partial charge in [-0.2, -0.15) is 9.78 Å². The molecule has 0 unspecified atom stereocenters. The van der Waals surface area contributed by atoms with Crippen LogP contribution in [0, 0.1) is 6.92 Å². The fourth-order valence-electron chi connectivity index (χ4n) is 1.49. The Kier molecular flexibility index (Phi) is 5.05. The van der Waals surface area contributed by atoms with E-state index in [1.54, 1.807) is 32.1 Å². The number of aryl methyl sites for hydroxylation is 1. The first-order valence-corrected chi connectivity index (χ1v) is 5.88. The minimum Gasteiger partial charge on any atom is -0.462 e. The van der Waals surface area contributed by atoms with Crippen LogP contribution in [0.15, 0.2) is 24.3 Å². The molecule has 1 rings (SSSR count). The highest BCUT2D eigenvalue weighted by Crippen LogP contribution is 2.17. The van der Waals surface area contributed by atoms with Gasteiger partial charge in [-0.05, 0) is 20.8 Å². The number of aromatic nitrogens is 2. The molecule has 0 aliphatic heterocycles. The predicted molar refractivity (Wildman–Crippen MR) is 71.9 cm³/mol. The summed E-state index contributed by atoms with van der Waals surface area (Å²) in [6.45, 7) is 5.36. The van der Waals surface area contributed by atoms with Gasteiger partial charge in [0.1, 0.15) is 11.4 Å². The molecule has 1 heterocycles. The molecular weight excluding hydrogens is 246 g/mol. The summed E-state index contributed by atoms with van der Waals surface area (Å²) < 4.78 is 5.86. The molecule has 0 radical (unpaired) electrons. The Hall–Kier alpha value is -2.37. The van der Waals surface area contributed by atoms with Gasteiger partial charge in [-0.1, -0.05) is 18.2 Å². The minimum absolute atomic E-state index is 0.00826. The van der Waals surface area contributed by atoms with E-state index in [0.29, 0.717) is 5.69 Å². The van der Waals surface area contributed by atoms with Crippen molar-refractivity contribution < 1.29 is 14.3 Å². The molecule has 0 spiro atoms. The molecule has 0 saturated heterocycles. The van der Waals surface area contributed by atoms with Gasteiger partial charge < -0.3 is 10.5 Å². The van der Waals surface area contributed by atoms with Gasteiger partial charge in [0.25, 0.3) is 5.91 Å². The largest absolute Gasteiger partial charge is 0.462 e. The van der Waals surface area contributed by atoms with Crippen molar-refractivity contribution in [3.8, 4) is 0 Å². The second-order valence-corrected chi connectivity index (χ2v) is 3.70. The normalized spacial score (nSPS) is 11.3. The van der Waals surface area contributed by atoms with Crippen LogP contribution in [0.2, 0.25) is 0 Å². The fourth-order valence-corrected chi connectivity index (χ4v) is 1.49. The van der Waals surface area contributed by atoms with Gasteiger partial charge in [0.2, 0.25) is 0 Å². The van der Waals surface area contributed by atoms with Gasteiger partial charge in [-0.15, -0.1) is 0 Å². The molecule has 0 saturated carbocycles. The Balaban J connectivity index is 3.09. The van der Waals surface area contributed by atoms with Crippen molar-refractivity contribution >= 4 is 17.7 Å². The SMILES string of the molecule is C/C=C/C=C/C(=O)n1nc(C)c(C(=O)OCC)c1N. The van der Waals surface area contributed by atoms with Crippen LogP contribution in [0.5, 0.6) is 0 Å². The first-order valence-electron chi connectivity index (χ1n) is 5.88. The molecule has 1 aromatic rings. The Morgan fingerprint density at radius 1 is 1.42 bits per heavy atom. The predicted octanol–water partition coefficient (Wildman–Crippen LogP) is 1.72. The first kappa shape index (κ1) is 14.7. The molecule has 0 bridgehead atoms. The Labute approximate surface area is 111 Å². The first-order chi connectivity index (χ1) is 9.02. The Morgan fingerprint density at radius 2 is 2.11 bits per heavy atom. The van der Waals surface area contributed by atoms with Crippen molar-refractivity contribution in [3.63, 3.8) is 0 Å². The van der Waals surface area contributed by atoms with Gasteiger partial charge in [-0.3, -0.25) is 4.79 Å². The molecule has 0 fully saturated rings. The maximum Gasteiger partial charge on any atom is 0.343 e. The monoisotopic (exact) mass is 263 g/mol. The third-order valence-electron chi connectivity index (χ3n) is 2.33.